The first-order valence-corrected chi connectivity index (χ1v) is 7.93. The van der Waals surface area contributed by atoms with Crippen LogP contribution in [0.3, 0.4) is 0 Å². The fourth-order valence-electron chi connectivity index (χ4n) is 1.25. The van der Waals surface area contributed by atoms with Crippen LogP contribution in [0.25, 0.3) is 0 Å². The van der Waals surface area contributed by atoms with Gasteiger partial charge in [-0.1, -0.05) is 15.9 Å². The first-order chi connectivity index (χ1) is 8.92. The summed E-state index contributed by atoms with van der Waals surface area (Å²) in [4.78, 5) is 3.87. The minimum Gasteiger partial charge on any atom is -0.466 e. The predicted molar refractivity (Wildman–Crippen MR) is 75.6 cm³/mol. The number of halogens is 2. The smallest absolute Gasteiger partial charge is 0.336 e. The molecular formula is C9H8Br2N4O3S. The van der Waals surface area contributed by atoms with Crippen molar-refractivity contribution in [2.45, 2.75) is 4.90 Å². The zero-order chi connectivity index (χ0) is 14.0. The summed E-state index contributed by atoms with van der Waals surface area (Å²) in [6.45, 7) is 0. The van der Waals surface area contributed by atoms with Gasteiger partial charge in [0, 0.05) is 8.95 Å². The van der Waals surface area contributed by atoms with Gasteiger partial charge in [-0.3, -0.25) is 0 Å². The maximum absolute atomic E-state index is 12.2. The standard InChI is InChI=1S/C9H8Br2N4O3S/c1-18-9-12-8(13-14-9)15-19(16,17)7-4-5(10)2-3-6(7)11/h2-4H,1H3,(H2,12,13,14,15). The molecule has 0 atom stereocenters. The molecule has 1 aromatic heterocycles. The number of anilines is 1. The Balaban J connectivity index is 2.34. The van der Waals surface area contributed by atoms with Crippen LogP contribution < -0.4 is 9.46 Å². The van der Waals surface area contributed by atoms with Gasteiger partial charge in [-0.15, -0.1) is 5.10 Å². The summed E-state index contributed by atoms with van der Waals surface area (Å²) in [5.74, 6) is -0.0243. The minimum atomic E-state index is -3.78. The molecule has 0 saturated carbocycles. The Morgan fingerprint density at radius 3 is 2.74 bits per heavy atom. The van der Waals surface area contributed by atoms with Crippen molar-refractivity contribution in [3.05, 3.63) is 27.1 Å². The van der Waals surface area contributed by atoms with Crippen molar-refractivity contribution in [2.75, 3.05) is 11.8 Å². The number of sulfonamides is 1. The molecular weight excluding hydrogens is 404 g/mol. The molecule has 2 rings (SSSR count). The van der Waals surface area contributed by atoms with Crippen molar-refractivity contribution in [1.29, 1.82) is 0 Å². The minimum absolute atomic E-state index is 0.0243. The number of aromatic nitrogens is 3. The molecule has 1 aromatic carbocycles. The molecule has 0 aliphatic heterocycles. The fraction of sp³-hybridized carbons (Fsp3) is 0.111. The number of benzene rings is 1. The molecule has 0 spiro atoms. The van der Waals surface area contributed by atoms with Gasteiger partial charge in [0.25, 0.3) is 10.0 Å². The molecule has 0 radical (unpaired) electrons. The largest absolute Gasteiger partial charge is 0.466 e. The highest BCUT2D eigenvalue weighted by Crippen LogP contribution is 2.26. The lowest BCUT2D eigenvalue weighted by Gasteiger charge is -2.07. The lowest BCUT2D eigenvalue weighted by Crippen LogP contribution is -2.14. The Morgan fingerprint density at radius 1 is 1.37 bits per heavy atom. The summed E-state index contributed by atoms with van der Waals surface area (Å²) in [5.41, 5.74) is 0. The summed E-state index contributed by atoms with van der Waals surface area (Å²) < 4.78 is 32.5. The summed E-state index contributed by atoms with van der Waals surface area (Å²) in [5, 5.41) is 6.06. The molecule has 7 nitrogen and oxygen atoms in total. The van der Waals surface area contributed by atoms with Gasteiger partial charge in [-0.25, -0.2) is 18.2 Å². The van der Waals surface area contributed by atoms with Crippen LogP contribution in [0, 0.1) is 0 Å². The van der Waals surface area contributed by atoms with Gasteiger partial charge in [0.15, 0.2) is 0 Å². The second-order valence-corrected chi connectivity index (χ2v) is 6.77. The molecule has 10 heteroatoms. The maximum Gasteiger partial charge on any atom is 0.336 e. The Hall–Kier alpha value is -1.13. The number of hydrogen-bond acceptors (Lipinski definition) is 5. The first kappa shape index (κ1) is 14.3. The van der Waals surface area contributed by atoms with E-state index in [0.717, 1.165) is 0 Å². The van der Waals surface area contributed by atoms with E-state index in [-0.39, 0.29) is 16.9 Å². The van der Waals surface area contributed by atoms with E-state index in [1.807, 2.05) is 0 Å². The van der Waals surface area contributed by atoms with Gasteiger partial charge in [-0.2, -0.15) is 4.98 Å². The van der Waals surface area contributed by atoms with Crippen molar-refractivity contribution in [2.24, 2.45) is 0 Å². The zero-order valence-electron chi connectivity index (χ0n) is 9.52. The van der Waals surface area contributed by atoms with Crippen LogP contribution in [0.1, 0.15) is 0 Å². The monoisotopic (exact) mass is 410 g/mol. The number of nitrogens with zero attached hydrogens (tertiary/aromatic N) is 2. The highest BCUT2D eigenvalue weighted by atomic mass is 79.9. The average Bonchev–Trinajstić information content (AvgIpc) is 2.79. The number of ether oxygens (including phenoxy) is 1. The Bertz CT molecular complexity index is 701. The predicted octanol–water partition coefficient (Wildman–Crippen LogP) is 2.14. The topological polar surface area (TPSA) is 97.0 Å². The molecule has 0 bridgehead atoms. The van der Waals surface area contributed by atoms with Gasteiger partial charge in [0.05, 0.1) is 7.11 Å². The molecule has 2 N–H and O–H groups in total. The third-order valence-corrected chi connectivity index (χ3v) is 4.89. The van der Waals surface area contributed by atoms with Gasteiger partial charge in [-0.05, 0) is 34.1 Å². The van der Waals surface area contributed by atoms with Gasteiger partial charge >= 0.3 is 6.01 Å². The number of H-pyrrole nitrogens is 1. The second-order valence-electron chi connectivity index (χ2n) is 3.35. The lowest BCUT2D eigenvalue weighted by atomic mass is 10.4. The van der Waals surface area contributed by atoms with Crippen molar-refractivity contribution < 1.29 is 13.2 Å². The Kier molecular flexibility index (Phi) is 4.11. The number of methoxy groups -OCH3 is 1. The van der Waals surface area contributed by atoms with Crippen LogP contribution in [0.15, 0.2) is 32.0 Å². The van der Waals surface area contributed by atoms with E-state index in [4.69, 9.17) is 4.74 Å². The molecule has 0 unspecified atom stereocenters. The molecule has 2 aromatic rings. The number of rotatable bonds is 4. The van der Waals surface area contributed by atoms with Crippen LogP contribution in [0.4, 0.5) is 5.95 Å². The van der Waals surface area contributed by atoms with Crippen molar-refractivity contribution in [1.82, 2.24) is 15.2 Å². The van der Waals surface area contributed by atoms with E-state index in [2.05, 4.69) is 51.8 Å². The fourth-order valence-corrected chi connectivity index (χ4v) is 3.71. The molecule has 19 heavy (non-hydrogen) atoms. The highest BCUT2D eigenvalue weighted by Gasteiger charge is 2.20. The summed E-state index contributed by atoms with van der Waals surface area (Å²) in [6.07, 6.45) is 0. The van der Waals surface area contributed by atoms with Gasteiger partial charge < -0.3 is 4.74 Å². The average molecular weight is 412 g/mol. The maximum atomic E-state index is 12.2. The summed E-state index contributed by atoms with van der Waals surface area (Å²) >= 11 is 6.41. The SMILES string of the molecule is COc1n[nH]c(NS(=O)(=O)c2cc(Br)ccc2Br)n1. The first-order valence-electron chi connectivity index (χ1n) is 4.86. The molecule has 0 aliphatic rings. The molecule has 1 heterocycles. The van der Waals surface area contributed by atoms with E-state index in [9.17, 15) is 8.42 Å². The third kappa shape index (κ3) is 3.25. The normalized spacial score (nSPS) is 11.3. The molecule has 0 amide bonds. The van der Waals surface area contributed by atoms with Gasteiger partial charge in [0.1, 0.15) is 4.90 Å². The molecule has 102 valence electrons. The molecule has 0 fully saturated rings. The molecule has 0 saturated heterocycles. The van der Waals surface area contributed by atoms with E-state index >= 15 is 0 Å². The van der Waals surface area contributed by atoms with E-state index in [1.165, 1.54) is 13.2 Å². The third-order valence-electron chi connectivity index (χ3n) is 2.06. The van der Waals surface area contributed by atoms with Crippen molar-refractivity contribution in [3.63, 3.8) is 0 Å². The number of aromatic amines is 1. The number of hydrogen-bond donors (Lipinski definition) is 2. The Morgan fingerprint density at radius 2 is 2.11 bits per heavy atom. The van der Waals surface area contributed by atoms with Crippen molar-refractivity contribution >= 4 is 47.8 Å². The van der Waals surface area contributed by atoms with Gasteiger partial charge in [0.2, 0.25) is 5.95 Å². The van der Waals surface area contributed by atoms with Crippen LogP contribution in [0.5, 0.6) is 6.01 Å². The van der Waals surface area contributed by atoms with Crippen LogP contribution >= 0.6 is 31.9 Å². The van der Waals surface area contributed by atoms with Crippen LogP contribution in [-0.2, 0) is 10.0 Å². The Labute approximate surface area is 126 Å². The van der Waals surface area contributed by atoms with Crippen LogP contribution in [-0.4, -0.2) is 30.7 Å². The quantitative estimate of drug-likeness (QED) is 0.803. The van der Waals surface area contributed by atoms with Crippen LogP contribution in [0.2, 0.25) is 0 Å². The second kappa shape index (κ2) is 5.47. The summed E-state index contributed by atoms with van der Waals surface area (Å²) in [7, 11) is -2.40. The van der Waals surface area contributed by atoms with E-state index in [0.29, 0.717) is 8.95 Å². The van der Waals surface area contributed by atoms with E-state index < -0.39 is 10.0 Å². The highest BCUT2D eigenvalue weighted by molar-refractivity contribution is 9.11. The lowest BCUT2D eigenvalue weighted by molar-refractivity contribution is 0.382. The zero-order valence-corrected chi connectivity index (χ0v) is 13.5. The van der Waals surface area contributed by atoms with E-state index in [1.54, 1.807) is 12.1 Å². The number of nitrogens with one attached hydrogen (secondary N) is 2. The van der Waals surface area contributed by atoms with Crippen molar-refractivity contribution in [3.8, 4) is 6.01 Å². The summed E-state index contributed by atoms with van der Waals surface area (Å²) in [6, 6.07) is 4.87. The molecule has 0 aliphatic carbocycles.